The van der Waals surface area contributed by atoms with Crippen LogP contribution in [0.25, 0.3) is 44.2 Å². The van der Waals surface area contributed by atoms with Gasteiger partial charge in [0, 0.05) is 34.1 Å². The van der Waals surface area contributed by atoms with Crippen molar-refractivity contribution < 1.29 is 0 Å². The molecular formula is C23H16N2. The number of hydrogen-bond acceptors (Lipinski definition) is 1. The fourth-order valence-corrected chi connectivity index (χ4v) is 3.50. The van der Waals surface area contributed by atoms with Gasteiger partial charge in [0.25, 0.3) is 0 Å². The van der Waals surface area contributed by atoms with Gasteiger partial charge in [-0.05, 0) is 35.0 Å². The lowest BCUT2D eigenvalue weighted by Gasteiger charge is -2.06. The number of rotatable bonds is 2. The molecular weight excluding hydrogens is 304 g/mol. The van der Waals surface area contributed by atoms with E-state index in [9.17, 15) is 0 Å². The van der Waals surface area contributed by atoms with Crippen LogP contribution in [0.4, 0.5) is 0 Å². The number of pyridine rings is 1. The number of H-pyrrole nitrogens is 1. The summed E-state index contributed by atoms with van der Waals surface area (Å²) in [7, 11) is 0. The van der Waals surface area contributed by atoms with Crippen LogP contribution in [0, 0.1) is 0 Å². The van der Waals surface area contributed by atoms with Crippen LogP contribution in [0.2, 0.25) is 0 Å². The molecule has 0 radical (unpaired) electrons. The van der Waals surface area contributed by atoms with Gasteiger partial charge in [-0.3, -0.25) is 4.98 Å². The van der Waals surface area contributed by atoms with Crippen LogP contribution >= 0.6 is 0 Å². The van der Waals surface area contributed by atoms with E-state index in [1.807, 2.05) is 18.3 Å². The highest BCUT2D eigenvalue weighted by Gasteiger charge is 2.09. The first-order valence-corrected chi connectivity index (χ1v) is 8.41. The molecule has 0 aliphatic rings. The Labute approximate surface area is 145 Å². The molecule has 0 saturated carbocycles. The van der Waals surface area contributed by atoms with Gasteiger partial charge in [0.15, 0.2) is 0 Å². The molecule has 5 aromatic rings. The van der Waals surface area contributed by atoms with E-state index in [0.29, 0.717) is 0 Å². The van der Waals surface area contributed by atoms with Gasteiger partial charge in [0.05, 0.1) is 5.52 Å². The molecule has 2 heteroatoms. The van der Waals surface area contributed by atoms with Crippen molar-refractivity contribution in [2.75, 3.05) is 0 Å². The molecule has 0 aliphatic carbocycles. The highest BCUT2D eigenvalue weighted by Crippen LogP contribution is 2.32. The molecule has 2 aromatic heterocycles. The lowest BCUT2D eigenvalue weighted by Crippen LogP contribution is -1.85. The van der Waals surface area contributed by atoms with E-state index in [4.69, 9.17) is 0 Å². The molecule has 0 amide bonds. The molecule has 0 unspecified atom stereocenters. The lowest BCUT2D eigenvalue weighted by molar-refractivity contribution is 1.37. The average molecular weight is 320 g/mol. The Hall–Kier alpha value is -3.39. The number of nitrogens with zero attached hydrogens (tertiary/aromatic N) is 1. The Morgan fingerprint density at radius 3 is 2.12 bits per heavy atom. The van der Waals surface area contributed by atoms with E-state index in [0.717, 1.165) is 22.3 Å². The van der Waals surface area contributed by atoms with Crippen molar-refractivity contribution in [3.63, 3.8) is 0 Å². The topological polar surface area (TPSA) is 28.7 Å². The van der Waals surface area contributed by atoms with E-state index in [-0.39, 0.29) is 0 Å². The van der Waals surface area contributed by atoms with E-state index in [1.54, 1.807) is 0 Å². The molecule has 1 N–H and O–H groups in total. The Morgan fingerprint density at radius 2 is 1.24 bits per heavy atom. The maximum Gasteiger partial charge on any atom is 0.0708 e. The van der Waals surface area contributed by atoms with E-state index >= 15 is 0 Å². The van der Waals surface area contributed by atoms with Gasteiger partial charge >= 0.3 is 0 Å². The third-order valence-electron chi connectivity index (χ3n) is 4.71. The van der Waals surface area contributed by atoms with Crippen LogP contribution in [-0.2, 0) is 0 Å². The number of aromatic amines is 1. The van der Waals surface area contributed by atoms with Gasteiger partial charge in [-0.25, -0.2) is 0 Å². The molecule has 5 rings (SSSR count). The second-order valence-corrected chi connectivity index (χ2v) is 6.19. The average Bonchev–Trinajstić information content (AvgIpc) is 3.17. The van der Waals surface area contributed by atoms with Crippen LogP contribution in [-0.4, -0.2) is 9.97 Å². The zero-order valence-electron chi connectivity index (χ0n) is 13.6. The molecule has 0 saturated heterocycles. The van der Waals surface area contributed by atoms with Crippen LogP contribution in [0.5, 0.6) is 0 Å². The molecule has 0 bridgehead atoms. The van der Waals surface area contributed by atoms with Crippen molar-refractivity contribution in [2.45, 2.75) is 0 Å². The fourth-order valence-electron chi connectivity index (χ4n) is 3.50. The van der Waals surface area contributed by atoms with Gasteiger partial charge in [-0.15, -0.1) is 0 Å². The number of hydrogen-bond donors (Lipinski definition) is 1. The zero-order chi connectivity index (χ0) is 16.6. The number of benzene rings is 3. The molecule has 0 aliphatic heterocycles. The van der Waals surface area contributed by atoms with E-state index in [1.165, 1.54) is 21.9 Å². The van der Waals surface area contributed by atoms with Crippen molar-refractivity contribution in [2.24, 2.45) is 0 Å². The first kappa shape index (κ1) is 14.0. The standard InChI is InChI=1S/C23H16N2/c1-2-8-17-16(6-1)7-5-10-18(17)22-12-13-23(25-22)20-14-15-24-21-11-4-3-9-19(20)21/h1-15,25H. The summed E-state index contributed by atoms with van der Waals surface area (Å²) in [6.45, 7) is 0. The normalized spacial score (nSPS) is 11.2. The highest BCUT2D eigenvalue weighted by molar-refractivity contribution is 5.97. The van der Waals surface area contributed by atoms with Gasteiger partial charge in [-0.1, -0.05) is 60.7 Å². The van der Waals surface area contributed by atoms with Crippen molar-refractivity contribution in [1.82, 2.24) is 9.97 Å². The smallest absolute Gasteiger partial charge is 0.0708 e. The SMILES string of the molecule is c1ccc2c(-c3ccc(-c4ccnc5ccccc45)[nH]3)cccc2c1. The Morgan fingerprint density at radius 1 is 0.560 bits per heavy atom. The summed E-state index contributed by atoms with van der Waals surface area (Å²) in [5.41, 5.74) is 5.66. The fraction of sp³-hybridized carbons (Fsp3) is 0. The van der Waals surface area contributed by atoms with Crippen molar-refractivity contribution in [3.8, 4) is 22.5 Å². The Bertz CT molecular complexity index is 1100. The van der Waals surface area contributed by atoms with Crippen LogP contribution in [0.1, 0.15) is 0 Å². The molecule has 0 fully saturated rings. The summed E-state index contributed by atoms with van der Waals surface area (Å²) in [6, 6.07) is 29.6. The van der Waals surface area contributed by atoms with Gasteiger partial charge < -0.3 is 4.98 Å². The summed E-state index contributed by atoms with van der Waals surface area (Å²) in [5, 5.41) is 3.68. The summed E-state index contributed by atoms with van der Waals surface area (Å²) >= 11 is 0. The third kappa shape index (κ3) is 2.31. The van der Waals surface area contributed by atoms with Crippen LogP contribution < -0.4 is 0 Å². The predicted molar refractivity (Wildman–Crippen MR) is 104 cm³/mol. The number of aromatic nitrogens is 2. The minimum absolute atomic E-state index is 1.02. The number of para-hydroxylation sites is 1. The van der Waals surface area contributed by atoms with Crippen LogP contribution in [0.15, 0.2) is 91.1 Å². The zero-order valence-corrected chi connectivity index (χ0v) is 13.6. The van der Waals surface area contributed by atoms with E-state index < -0.39 is 0 Å². The molecule has 2 nitrogen and oxygen atoms in total. The maximum atomic E-state index is 4.46. The maximum absolute atomic E-state index is 4.46. The number of fused-ring (bicyclic) bond motifs is 2. The minimum atomic E-state index is 1.02. The first-order chi connectivity index (χ1) is 12.4. The minimum Gasteiger partial charge on any atom is -0.355 e. The van der Waals surface area contributed by atoms with Gasteiger partial charge in [0.2, 0.25) is 0 Å². The lowest BCUT2D eigenvalue weighted by atomic mass is 10.0. The first-order valence-electron chi connectivity index (χ1n) is 8.41. The quantitative estimate of drug-likeness (QED) is 0.421. The monoisotopic (exact) mass is 320 g/mol. The summed E-state index contributed by atoms with van der Waals surface area (Å²) in [6.07, 6.45) is 1.87. The van der Waals surface area contributed by atoms with Gasteiger partial charge in [0.1, 0.15) is 0 Å². The molecule has 25 heavy (non-hydrogen) atoms. The van der Waals surface area contributed by atoms with Gasteiger partial charge in [-0.2, -0.15) is 0 Å². The van der Waals surface area contributed by atoms with E-state index in [2.05, 4.69) is 82.8 Å². The molecule has 3 aromatic carbocycles. The van der Waals surface area contributed by atoms with Crippen LogP contribution in [0.3, 0.4) is 0 Å². The third-order valence-corrected chi connectivity index (χ3v) is 4.71. The predicted octanol–water partition coefficient (Wildman–Crippen LogP) is 6.05. The molecule has 2 heterocycles. The molecule has 0 atom stereocenters. The molecule has 118 valence electrons. The summed E-state index contributed by atoms with van der Waals surface area (Å²) < 4.78 is 0. The second-order valence-electron chi connectivity index (χ2n) is 6.19. The molecule has 0 spiro atoms. The van der Waals surface area contributed by atoms with Crippen molar-refractivity contribution in [1.29, 1.82) is 0 Å². The summed E-state index contributed by atoms with van der Waals surface area (Å²) in [4.78, 5) is 8.06. The van der Waals surface area contributed by atoms with Crippen molar-refractivity contribution >= 4 is 21.7 Å². The second kappa shape index (κ2) is 5.60. The summed E-state index contributed by atoms with van der Waals surface area (Å²) in [5.74, 6) is 0. The Kier molecular flexibility index (Phi) is 3.14. The number of nitrogens with one attached hydrogen (secondary N) is 1. The Balaban J connectivity index is 1.69. The largest absolute Gasteiger partial charge is 0.355 e. The van der Waals surface area contributed by atoms with Crippen molar-refractivity contribution in [3.05, 3.63) is 91.1 Å². The highest BCUT2D eigenvalue weighted by atomic mass is 14.7.